The van der Waals surface area contributed by atoms with Crippen molar-refractivity contribution < 1.29 is 35.1 Å². The van der Waals surface area contributed by atoms with E-state index in [1.54, 1.807) is 18.7 Å². The van der Waals surface area contributed by atoms with Gasteiger partial charge in [0.1, 0.15) is 12.4 Å². The van der Waals surface area contributed by atoms with Gasteiger partial charge in [0.25, 0.3) is 10.1 Å². The lowest BCUT2D eigenvalue weighted by Crippen LogP contribution is -2.31. The van der Waals surface area contributed by atoms with Crippen molar-refractivity contribution in [1.29, 1.82) is 0 Å². The Hall–Kier alpha value is -1.01. The van der Waals surface area contributed by atoms with Crippen LogP contribution in [0.4, 0.5) is 0 Å². The summed E-state index contributed by atoms with van der Waals surface area (Å²) in [5.74, 6) is -0.189. The Balaban J connectivity index is 0.000000437. The van der Waals surface area contributed by atoms with Crippen LogP contribution < -0.4 is 4.57 Å². The van der Waals surface area contributed by atoms with Gasteiger partial charge in [-0.3, -0.25) is 14.1 Å². The Labute approximate surface area is 98.4 Å². The lowest BCUT2D eigenvalue weighted by atomic mass is 10.5. The van der Waals surface area contributed by atoms with Crippen LogP contribution in [-0.2, 0) is 27.1 Å². The SMILES string of the molecule is O=S(=O)(O)CCC[n+]1cc[nH]c1.O=S(=O)([O-])O. The Morgan fingerprint density at radius 3 is 2.12 bits per heavy atom. The molecule has 0 bridgehead atoms. The number of aromatic amines is 1. The lowest BCUT2D eigenvalue weighted by molar-refractivity contribution is -0.695. The molecule has 1 rings (SSSR count). The first kappa shape index (κ1) is 16.0. The van der Waals surface area contributed by atoms with E-state index in [1.165, 1.54) is 0 Å². The van der Waals surface area contributed by atoms with Crippen LogP contribution in [0.15, 0.2) is 18.7 Å². The van der Waals surface area contributed by atoms with Crippen LogP contribution >= 0.6 is 0 Å². The van der Waals surface area contributed by atoms with Crippen LogP contribution in [0.2, 0.25) is 0 Å². The second kappa shape index (κ2) is 6.66. The monoisotopic (exact) mass is 288 g/mol. The first-order chi connectivity index (χ1) is 7.58. The fourth-order valence-corrected chi connectivity index (χ4v) is 1.38. The molecule has 11 heteroatoms. The van der Waals surface area contributed by atoms with Crippen molar-refractivity contribution >= 4 is 20.5 Å². The molecule has 0 aliphatic rings. The second-order valence-corrected chi connectivity index (χ2v) is 5.34. The summed E-state index contributed by atoms with van der Waals surface area (Å²) in [6, 6.07) is 0. The zero-order chi connectivity index (χ0) is 13.5. The standard InChI is InChI=1S/C6H10N2O3S.H2O4S/c9-12(10,11)5-1-3-8-4-2-7-6-8;1-5(2,3)4/h2,4,6H,1,3,5H2,(H,9,10,11);(H2,1,2,3,4). The molecule has 0 spiro atoms. The summed E-state index contributed by atoms with van der Waals surface area (Å²) in [6.07, 6.45) is 5.68. The van der Waals surface area contributed by atoms with E-state index in [4.69, 9.17) is 22.1 Å². The molecule has 0 atom stereocenters. The van der Waals surface area contributed by atoms with E-state index in [-0.39, 0.29) is 5.75 Å². The number of nitrogens with one attached hydrogen (secondary N) is 1. The summed E-state index contributed by atoms with van der Waals surface area (Å²) in [5, 5.41) is 0. The second-order valence-electron chi connectivity index (χ2n) is 2.92. The highest BCUT2D eigenvalue weighted by atomic mass is 32.3. The summed E-state index contributed by atoms with van der Waals surface area (Å²) in [5.41, 5.74) is 0. The minimum Gasteiger partial charge on any atom is -0.726 e. The van der Waals surface area contributed by atoms with Crippen LogP contribution in [0, 0.1) is 0 Å². The number of imidazole rings is 1. The number of nitrogens with zero attached hydrogens (tertiary/aromatic N) is 1. The molecular weight excluding hydrogens is 276 g/mol. The predicted molar refractivity (Wildman–Crippen MR) is 54.3 cm³/mol. The molecule has 0 amide bonds. The van der Waals surface area contributed by atoms with Gasteiger partial charge in [0.2, 0.25) is 16.7 Å². The number of aryl methyl sites for hydroxylation is 1. The quantitative estimate of drug-likeness (QED) is 0.349. The molecule has 0 aromatic carbocycles. The zero-order valence-electron chi connectivity index (χ0n) is 8.55. The third-order valence-electron chi connectivity index (χ3n) is 1.42. The maximum Gasteiger partial charge on any atom is 0.265 e. The van der Waals surface area contributed by atoms with Crippen LogP contribution in [0.25, 0.3) is 0 Å². The van der Waals surface area contributed by atoms with Crippen molar-refractivity contribution in [2.24, 2.45) is 0 Å². The first-order valence-corrected chi connectivity index (χ1v) is 7.20. The van der Waals surface area contributed by atoms with Gasteiger partial charge in [0.05, 0.1) is 12.3 Å². The van der Waals surface area contributed by atoms with Crippen LogP contribution in [0.3, 0.4) is 0 Å². The third-order valence-corrected chi connectivity index (χ3v) is 2.23. The van der Waals surface area contributed by atoms with Gasteiger partial charge in [0, 0.05) is 6.42 Å². The maximum absolute atomic E-state index is 10.3. The fourth-order valence-electron chi connectivity index (χ4n) is 0.889. The highest BCUT2D eigenvalue weighted by molar-refractivity contribution is 7.85. The summed E-state index contributed by atoms with van der Waals surface area (Å²) in [6.45, 7) is 0.587. The number of hydrogen-bond donors (Lipinski definition) is 3. The number of hydrogen-bond acceptors (Lipinski definition) is 5. The van der Waals surface area contributed by atoms with Gasteiger partial charge in [0.15, 0.2) is 0 Å². The van der Waals surface area contributed by atoms with E-state index < -0.39 is 20.5 Å². The summed E-state index contributed by atoms with van der Waals surface area (Å²) in [4.78, 5) is 2.83. The maximum atomic E-state index is 10.3. The van der Waals surface area contributed by atoms with E-state index in [2.05, 4.69) is 4.98 Å². The smallest absolute Gasteiger partial charge is 0.265 e. The molecule has 1 aromatic heterocycles. The minimum atomic E-state index is -4.92. The van der Waals surface area contributed by atoms with Crippen molar-refractivity contribution in [3.8, 4) is 0 Å². The molecule has 0 saturated carbocycles. The Kier molecular flexibility index (Phi) is 6.26. The summed E-state index contributed by atoms with van der Waals surface area (Å²) < 4.78 is 63.6. The molecule has 1 heterocycles. The van der Waals surface area contributed by atoms with Gasteiger partial charge < -0.3 is 4.55 Å². The average molecular weight is 288 g/mol. The molecular formula is C6H12N2O7S2. The van der Waals surface area contributed by atoms with E-state index in [9.17, 15) is 8.42 Å². The Morgan fingerprint density at radius 2 is 1.76 bits per heavy atom. The van der Waals surface area contributed by atoms with Crippen molar-refractivity contribution in [3.05, 3.63) is 18.7 Å². The molecule has 0 radical (unpaired) electrons. The van der Waals surface area contributed by atoms with Gasteiger partial charge in [-0.05, 0) is 0 Å². The van der Waals surface area contributed by atoms with Gasteiger partial charge in [-0.1, -0.05) is 0 Å². The van der Waals surface area contributed by atoms with Gasteiger partial charge in [-0.2, -0.15) is 8.42 Å². The summed E-state index contributed by atoms with van der Waals surface area (Å²) in [7, 11) is -8.72. The molecule has 0 aliphatic heterocycles. The molecule has 100 valence electrons. The average Bonchev–Trinajstić information content (AvgIpc) is 2.50. The Morgan fingerprint density at radius 1 is 1.24 bits per heavy atom. The van der Waals surface area contributed by atoms with E-state index in [0.29, 0.717) is 13.0 Å². The van der Waals surface area contributed by atoms with E-state index >= 15 is 0 Å². The molecule has 1 aromatic rings. The normalized spacial score (nSPS) is 11.7. The molecule has 3 N–H and O–H groups in total. The lowest BCUT2D eigenvalue weighted by Gasteiger charge is -1.94. The van der Waals surface area contributed by atoms with E-state index in [0.717, 1.165) is 0 Å². The predicted octanol–water partition coefficient (Wildman–Crippen LogP) is -1.42. The minimum absolute atomic E-state index is 0.189. The van der Waals surface area contributed by atoms with Crippen LogP contribution in [0.1, 0.15) is 6.42 Å². The highest BCUT2D eigenvalue weighted by Crippen LogP contribution is 1.87. The number of H-pyrrole nitrogens is 1. The first-order valence-electron chi connectivity index (χ1n) is 4.23. The molecule has 0 aliphatic carbocycles. The third kappa shape index (κ3) is 15.0. The molecule has 9 nitrogen and oxygen atoms in total. The topological polar surface area (TPSA) is 151 Å². The molecule has 0 fully saturated rings. The highest BCUT2D eigenvalue weighted by Gasteiger charge is 2.05. The Bertz CT molecular complexity index is 497. The van der Waals surface area contributed by atoms with Gasteiger partial charge >= 0.3 is 0 Å². The van der Waals surface area contributed by atoms with Crippen molar-refractivity contribution in [1.82, 2.24) is 4.98 Å². The van der Waals surface area contributed by atoms with E-state index in [1.807, 2.05) is 4.57 Å². The molecule has 0 saturated heterocycles. The number of rotatable bonds is 4. The number of aromatic nitrogens is 2. The summed E-state index contributed by atoms with van der Waals surface area (Å²) >= 11 is 0. The molecule has 17 heavy (non-hydrogen) atoms. The van der Waals surface area contributed by atoms with Crippen LogP contribution in [0.5, 0.6) is 0 Å². The van der Waals surface area contributed by atoms with Crippen molar-refractivity contribution in [2.45, 2.75) is 13.0 Å². The zero-order valence-corrected chi connectivity index (χ0v) is 10.2. The fraction of sp³-hybridized carbons (Fsp3) is 0.500. The van der Waals surface area contributed by atoms with Crippen LogP contribution in [-0.4, -0.2) is 41.2 Å². The van der Waals surface area contributed by atoms with Crippen molar-refractivity contribution in [2.75, 3.05) is 5.75 Å². The van der Waals surface area contributed by atoms with Gasteiger partial charge in [-0.25, -0.2) is 13.0 Å². The largest absolute Gasteiger partial charge is 0.726 e. The van der Waals surface area contributed by atoms with Crippen molar-refractivity contribution in [3.63, 3.8) is 0 Å². The van der Waals surface area contributed by atoms with Gasteiger partial charge in [-0.15, -0.1) is 0 Å². The molecule has 0 unspecified atom stereocenters.